The van der Waals surface area contributed by atoms with Crippen molar-refractivity contribution in [3.8, 4) is 0 Å². The van der Waals surface area contributed by atoms with Crippen LogP contribution >= 0.6 is 0 Å². The summed E-state index contributed by atoms with van der Waals surface area (Å²) < 4.78 is 7.48. The van der Waals surface area contributed by atoms with Gasteiger partial charge in [-0.25, -0.2) is 0 Å². The van der Waals surface area contributed by atoms with Crippen molar-refractivity contribution in [2.75, 3.05) is 13.2 Å². The van der Waals surface area contributed by atoms with E-state index in [4.69, 9.17) is 4.74 Å². The molecule has 1 N–H and O–H groups in total. The summed E-state index contributed by atoms with van der Waals surface area (Å²) in [5.41, 5.74) is 5.26. The van der Waals surface area contributed by atoms with Crippen LogP contribution in [-0.4, -0.2) is 29.0 Å². The highest BCUT2D eigenvalue weighted by atomic mass is 16.5. The van der Waals surface area contributed by atoms with E-state index < -0.39 is 0 Å². The van der Waals surface area contributed by atoms with Gasteiger partial charge in [-0.15, -0.1) is 0 Å². The zero-order chi connectivity index (χ0) is 14.5. The van der Waals surface area contributed by atoms with Crippen molar-refractivity contribution in [3.63, 3.8) is 0 Å². The molecule has 1 aliphatic heterocycles. The van der Waals surface area contributed by atoms with Crippen LogP contribution < -0.4 is 5.32 Å². The molecule has 1 aromatic heterocycles. The summed E-state index contributed by atoms with van der Waals surface area (Å²) in [5.74, 6) is 0. The van der Waals surface area contributed by atoms with Crippen LogP contribution in [0.4, 0.5) is 0 Å². The molecule has 0 radical (unpaired) electrons. The monoisotopic (exact) mass is 277 g/mol. The first-order chi connectivity index (χ1) is 9.63. The number of rotatable bonds is 6. The summed E-state index contributed by atoms with van der Waals surface area (Å²) in [6.07, 6.45) is 6.44. The van der Waals surface area contributed by atoms with Crippen LogP contribution in [0.2, 0.25) is 0 Å². The molecule has 0 aliphatic carbocycles. The van der Waals surface area contributed by atoms with Crippen molar-refractivity contribution in [3.05, 3.63) is 28.8 Å². The molecule has 1 atom stereocenters. The highest BCUT2D eigenvalue weighted by molar-refractivity contribution is 5.25. The number of aryl methyl sites for hydroxylation is 2. The molecular formula is C16H27N3O. The maximum Gasteiger partial charge on any atom is 0.0876 e. The largest absolute Gasteiger partial charge is 0.501 e. The minimum Gasteiger partial charge on any atom is -0.501 e. The van der Waals surface area contributed by atoms with Crippen LogP contribution in [0, 0.1) is 13.8 Å². The van der Waals surface area contributed by atoms with Gasteiger partial charge in [-0.2, -0.15) is 5.10 Å². The lowest BCUT2D eigenvalue weighted by Gasteiger charge is -2.24. The molecule has 0 fully saturated rings. The third kappa shape index (κ3) is 3.42. The molecule has 0 saturated heterocycles. The second-order valence-electron chi connectivity index (χ2n) is 5.59. The number of hydrogen-bond acceptors (Lipinski definition) is 3. The van der Waals surface area contributed by atoms with E-state index in [2.05, 4.69) is 31.2 Å². The van der Waals surface area contributed by atoms with Crippen molar-refractivity contribution >= 4 is 0 Å². The maximum absolute atomic E-state index is 5.49. The molecule has 0 amide bonds. The van der Waals surface area contributed by atoms with Gasteiger partial charge in [-0.1, -0.05) is 6.92 Å². The van der Waals surface area contributed by atoms with E-state index in [0.29, 0.717) is 6.04 Å². The molecule has 0 spiro atoms. The lowest BCUT2D eigenvalue weighted by atomic mass is 9.95. The zero-order valence-corrected chi connectivity index (χ0v) is 13.2. The molecule has 0 aromatic carbocycles. The van der Waals surface area contributed by atoms with Gasteiger partial charge in [-0.05, 0) is 57.2 Å². The Morgan fingerprint density at radius 2 is 2.25 bits per heavy atom. The molecule has 1 aromatic rings. The molecule has 0 bridgehead atoms. The van der Waals surface area contributed by atoms with Crippen LogP contribution in [-0.2, 0) is 18.2 Å². The Labute approximate surface area is 122 Å². The molecule has 0 saturated carbocycles. The Bertz CT molecular complexity index is 476. The molecule has 4 nitrogen and oxygen atoms in total. The third-order valence-electron chi connectivity index (χ3n) is 4.20. The van der Waals surface area contributed by atoms with Crippen molar-refractivity contribution < 1.29 is 4.74 Å². The standard InChI is InChI=1S/C16H27N3O/c1-5-17-16(14-7-6-10-20-11-14)9-8-15-12(2)18-19(4)13(15)3/h11,16-17H,5-10H2,1-4H3. The highest BCUT2D eigenvalue weighted by Crippen LogP contribution is 2.21. The fourth-order valence-electron chi connectivity index (χ4n) is 2.97. The van der Waals surface area contributed by atoms with Gasteiger partial charge in [0.25, 0.3) is 0 Å². The summed E-state index contributed by atoms with van der Waals surface area (Å²) in [4.78, 5) is 0. The molecule has 112 valence electrons. The van der Waals surface area contributed by atoms with Gasteiger partial charge in [0.2, 0.25) is 0 Å². The van der Waals surface area contributed by atoms with Crippen LogP contribution in [0.5, 0.6) is 0 Å². The van der Waals surface area contributed by atoms with E-state index in [1.807, 2.05) is 18.0 Å². The van der Waals surface area contributed by atoms with E-state index in [0.717, 1.165) is 44.5 Å². The van der Waals surface area contributed by atoms with Crippen LogP contribution in [0.3, 0.4) is 0 Å². The SMILES string of the molecule is CCNC(CCc1c(C)nn(C)c1C)C1=COCCC1. The Kier molecular flexibility index (Phi) is 5.24. The normalized spacial score (nSPS) is 16.7. The summed E-state index contributed by atoms with van der Waals surface area (Å²) in [5, 5.41) is 8.10. The lowest BCUT2D eigenvalue weighted by Crippen LogP contribution is -2.32. The van der Waals surface area contributed by atoms with E-state index in [1.165, 1.54) is 16.8 Å². The first-order valence-corrected chi connectivity index (χ1v) is 7.66. The minimum absolute atomic E-state index is 0.430. The quantitative estimate of drug-likeness (QED) is 0.869. The van der Waals surface area contributed by atoms with Gasteiger partial charge >= 0.3 is 0 Å². The molecule has 4 heteroatoms. The van der Waals surface area contributed by atoms with Crippen LogP contribution in [0.15, 0.2) is 11.8 Å². The van der Waals surface area contributed by atoms with E-state index in [-0.39, 0.29) is 0 Å². The van der Waals surface area contributed by atoms with Crippen molar-refractivity contribution in [1.29, 1.82) is 0 Å². The Morgan fingerprint density at radius 1 is 1.45 bits per heavy atom. The Balaban J connectivity index is 2.03. The molecule has 1 aliphatic rings. The van der Waals surface area contributed by atoms with Gasteiger partial charge in [0.1, 0.15) is 0 Å². The average molecular weight is 277 g/mol. The number of ether oxygens (including phenoxy) is 1. The van der Waals surface area contributed by atoms with Crippen LogP contribution in [0.25, 0.3) is 0 Å². The number of likely N-dealkylation sites (N-methyl/N-ethyl adjacent to an activating group) is 1. The van der Waals surface area contributed by atoms with E-state index >= 15 is 0 Å². The van der Waals surface area contributed by atoms with Crippen molar-refractivity contribution in [2.45, 2.75) is 52.5 Å². The molecule has 2 heterocycles. The third-order valence-corrected chi connectivity index (χ3v) is 4.20. The highest BCUT2D eigenvalue weighted by Gasteiger charge is 2.18. The van der Waals surface area contributed by atoms with Gasteiger partial charge in [0.15, 0.2) is 0 Å². The predicted molar refractivity (Wildman–Crippen MR) is 81.7 cm³/mol. The maximum atomic E-state index is 5.49. The number of nitrogens with zero attached hydrogens (tertiary/aromatic N) is 2. The number of aromatic nitrogens is 2. The van der Waals surface area contributed by atoms with Gasteiger partial charge < -0.3 is 10.1 Å². The minimum atomic E-state index is 0.430. The van der Waals surface area contributed by atoms with E-state index in [1.54, 1.807) is 0 Å². The first kappa shape index (κ1) is 15.1. The Hall–Kier alpha value is -1.29. The molecule has 1 unspecified atom stereocenters. The van der Waals surface area contributed by atoms with Crippen molar-refractivity contribution in [1.82, 2.24) is 15.1 Å². The average Bonchev–Trinajstić information content (AvgIpc) is 2.70. The topological polar surface area (TPSA) is 39.1 Å². The van der Waals surface area contributed by atoms with Gasteiger partial charge in [-0.3, -0.25) is 4.68 Å². The number of hydrogen-bond donors (Lipinski definition) is 1. The zero-order valence-electron chi connectivity index (χ0n) is 13.2. The second kappa shape index (κ2) is 6.93. The predicted octanol–water partition coefficient (Wildman–Crippen LogP) is 2.64. The van der Waals surface area contributed by atoms with Crippen molar-refractivity contribution in [2.24, 2.45) is 7.05 Å². The van der Waals surface area contributed by atoms with Gasteiger partial charge in [0, 0.05) is 18.8 Å². The van der Waals surface area contributed by atoms with E-state index in [9.17, 15) is 0 Å². The lowest BCUT2D eigenvalue weighted by molar-refractivity contribution is 0.218. The smallest absolute Gasteiger partial charge is 0.0876 e. The summed E-state index contributed by atoms with van der Waals surface area (Å²) in [6, 6.07) is 0.430. The fraction of sp³-hybridized carbons (Fsp3) is 0.688. The Morgan fingerprint density at radius 3 is 2.80 bits per heavy atom. The molecule has 20 heavy (non-hydrogen) atoms. The molecule has 2 rings (SSSR count). The molecular weight excluding hydrogens is 250 g/mol. The first-order valence-electron chi connectivity index (χ1n) is 7.66. The summed E-state index contributed by atoms with van der Waals surface area (Å²) >= 11 is 0. The number of nitrogens with one attached hydrogen (secondary N) is 1. The van der Waals surface area contributed by atoms with Crippen LogP contribution in [0.1, 0.15) is 43.1 Å². The fourth-order valence-corrected chi connectivity index (χ4v) is 2.97. The van der Waals surface area contributed by atoms with Gasteiger partial charge in [0.05, 0.1) is 18.6 Å². The second-order valence-corrected chi connectivity index (χ2v) is 5.59. The summed E-state index contributed by atoms with van der Waals surface area (Å²) in [6.45, 7) is 8.28. The summed E-state index contributed by atoms with van der Waals surface area (Å²) in [7, 11) is 2.02.